The maximum absolute atomic E-state index is 11.9. The molecule has 0 saturated carbocycles. The van der Waals surface area contributed by atoms with Gasteiger partial charge in [-0.3, -0.25) is 4.90 Å². The number of nitrogens with zero attached hydrogens (tertiary/aromatic N) is 1. The summed E-state index contributed by atoms with van der Waals surface area (Å²) in [5.41, 5.74) is 2.83. The molecule has 5 nitrogen and oxygen atoms in total. The van der Waals surface area contributed by atoms with Gasteiger partial charge in [-0.1, -0.05) is 30.3 Å². The number of fused-ring (bicyclic) bond motifs is 1. The van der Waals surface area contributed by atoms with E-state index in [-0.39, 0.29) is 6.23 Å². The largest absolute Gasteiger partial charge is 0.478 e. The van der Waals surface area contributed by atoms with Gasteiger partial charge in [0.25, 0.3) is 0 Å². The Balaban J connectivity index is 1.46. The molecule has 27 heavy (non-hydrogen) atoms. The van der Waals surface area contributed by atoms with Crippen molar-refractivity contribution in [3.63, 3.8) is 0 Å². The van der Waals surface area contributed by atoms with E-state index >= 15 is 0 Å². The lowest BCUT2D eigenvalue weighted by atomic mass is 10.0. The average Bonchev–Trinajstić information content (AvgIpc) is 3.05. The smallest absolute Gasteiger partial charge is 0.338 e. The summed E-state index contributed by atoms with van der Waals surface area (Å²) in [4.78, 5) is 15.5. The molecule has 1 aromatic heterocycles. The van der Waals surface area contributed by atoms with Crippen molar-refractivity contribution in [3.8, 4) is 0 Å². The molecule has 0 spiro atoms. The van der Waals surface area contributed by atoms with E-state index in [2.05, 4.69) is 34.5 Å². The van der Waals surface area contributed by atoms with Crippen LogP contribution >= 0.6 is 11.3 Å². The topological polar surface area (TPSA) is 61.8 Å². The van der Waals surface area contributed by atoms with E-state index in [9.17, 15) is 9.90 Å². The number of carbonyl (C=O) groups is 1. The molecule has 1 saturated heterocycles. The van der Waals surface area contributed by atoms with E-state index < -0.39 is 5.97 Å². The summed E-state index contributed by atoms with van der Waals surface area (Å²) in [6, 6.07) is 10.5. The molecular formula is C21H26N2O3S. The number of hydrogen-bond acceptors (Lipinski definition) is 5. The fourth-order valence-electron chi connectivity index (χ4n) is 3.91. The van der Waals surface area contributed by atoms with Crippen LogP contribution in [0.4, 0.5) is 5.00 Å². The highest BCUT2D eigenvalue weighted by Crippen LogP contribution is 2.38. The minimum atomic E-state index is -0.830. The van der Waals surface area contributed by atoms with Gasteiger partial charge in [-0.05, 0) is 43.2 Å². The number of nitrogens with one attached hydrogen (secondary N) is 1. The summed E-state index contributed by atoms with van der Waals surface area (Å²) >= 11 is 1.60. The average molecular weight is 387 g/mol. The maximum atomic E-state index is 11.9. The predicted octanol–water partition coefficient (Wildman–Crippen LogP) is 3.99. The van der Waals surface area contributed by atoms with Gasteiger partial charge < -0.3 is 15.2 Å². The number of benzene rings is 1. The van der Waals surface area contributed by atoms with Gasteiger partial charge in [0.2, 0.25) is 0 Å². The lowest BCUT2D eigenvalue weighted by Crippen LogP contribution is -2.32. The van der Waals surface area contributed by atoms with Crippen LogP contribution in [-0.4, -0.2) is 41.9 Å². The molecule has 2 aliphatic rings. The van der Waals surface area contributed by atoms with Crippen molar-refractivity contribution in [1.82, 2.24) is 4.90 Å². The Kier molecular flexibility index (Phi) is 5.76. The fourth-order valence-corrected chi connectivity index (χ4v) is 5.23. The van der Waals surface area contributed by atoms with E-state index in [1.165, 1.54) is 10.4 Å². The number of carboxylic acids is 1. The molecule has 6 heteroatoms. The van der Waals surface area contributed by atoms with Crippen LogP contribution in [0.1, 0.15) is 45.6 Å². The molecule has 2 aliphatic heterocycles. The van der Waals surface area contributed by atoms with Crippen LogP contribution in [0.15, 0.2) is 30.3 Å². The van der Waals surface area contributed by atoms with Gasteiger partial charge in [-0.2, -0.15) is 0 Å². The van der Waals surface area contributed by atoms with Crippen LogP contribution in [0.5, 0.6) is 0 Å². The summed E-state index contributed by atoms with van der Waals surface area (Å²) in [7, 11) is 0. The Hall–Kier alpha value is -1.89. The molecule has 3 heterocycles. The van der Waals surface area contributed by atoms with Crippen molar-refractivity contribution in [2.45, 2.75) is 44.9 Å². The van der Waals surface area contributed by atoms with Gasteiger partial charge in [0.05, 0.1) is 5.56 Å². The van der Waals surface area contributed by atoms with Crippen LogP contribution in [0, 0.1) is 0 Å². The summed E-state index contributed by atoms with van der Waals surface area (Å²) in [6.07, 6.45) is 4.90. The first-order valence-electron chi connectivity index (χ1n) is 9.73. The molecule has 2 aromatic rings. The molecule has 1 fully saturated rings. The molecule has 1 aromatic carbocycles. The Morgan fingerprint density at radius 1 is 1.30 bits per heavy atom. The van der Waals surface area contributed by atoms with Crippen LogP contribution in [-0.2, 0) is 24.1 Å². The third-order valence-corrected chi connectivity index (χ3v) is 6.53. The van der Waals surface area contributed by atoms with Crippen LogP contribution < -0.4 is 5.32 Å². The zero-order chi connectivity index (χ0) is 18.6. The van der Waals surface area contributed by atoms with Crippen molar-refractivity contribution < 1.29 is 14.6 Å². The van der Waals surface area contributed by atoms with Gasteiger partial charge >= 0.3 is 5.97 Å². The third-order valence-electron chi connectivity index (χ3n) is 5.38. The monoisotopic (exact) mass is 386 g/mol. The van der Waals surface area contributed by atoms with Gasteiger partial charge in [0, 0.05) is 31.1 Å². The minimum absolute atomic E-state index is 0.0638. The first kappa shape index (κ1) is 18.5. The number of anilines is 1. The second kappa shape index (κ2) is 8.42. The summed E-state index contributed by atoms with van der Waals surface area (Å²) in [6.45, 7) is 3.49. The zero-order valence-electron chi connectivity index (χ0n) is 15.4. The van der Waals surface area contributed by atoms with Crippen molar-refractivity contribution in [1.29, 1.82) is 0 Å². The van der Waals surface area contributed by atoms with Gasteiger partial charge in [-0.25, -0.2) is 4.79 Å². The second-order valence-electron chi connectivity index (χ2n) is 7.27. The lowest BCUT2D eigenvalue weighted by Gasteiger charge is -2.26. The lowest BCUT2D eigenvalue weighted by molar-refractivity contribution is 0.0344. The maximum Gasteiger partial charge on any atom is 0.338 e. The molecule has 0 aliphatic carbocycles. The Morgan fingerprint density at radius 3 is 2.89 bits per heavy atom. The van der Waals surface area contributed by atoms with E-state index in [0.29, 0.717) is 5.56 Å². The van der Waals surface area contributed by atoms with Crippen molar-refractivity contribution in [2.24, 2.45) is 0 Å². The van der Waals surface area contributed by atoms with Crippen molar-refractivity contribution in [2.75, 3.05) is 25.0 Å². The number of thiophene rings is 1. The summed E-state index contributed by atoms with van der Waals surface area (Å²) in [5, 5.41) is 13.9. The number of hydrogen-bond donors (Lipinski definition) is 2. The Bertz CT molecular complexity index is 784. The Labute approximate surface area is 164 Å². The van der Waals surface area contributed by atoms with Crippen molar-refractivity contribution >= 4 is 22.3 Å². The van der Waals surface area contributed by atoms with Gasteiger partial charge in [0.1, 0.15) is 11.2 Å². The molecule has 4 rings (SSSR count). The second-order valence-corrected chi connectivity index (χ2v) is 8.38. The highest BCUT2D eigenvalue weighted by molar-refractivity contribution is 7.16. The van der Waals surface area contributed by atoms with Crippen LogP contribution in [0.3, 0.4) is 0 Å². The normalized spacial score (nSPS) is 20.2. The van der Waals surface area contributed by atoms with E-state index in [0.717, 1.165) is 68.9 Å². The van der Waals surface area contributed by atoms with Gasteiger partial charge in [-0.15, -0.1) is 11.3 Å². The molecule has 1 unspecified atom stereocenters. The van der Waals surface area contributed by atoms with Gasteiger partial charge in [0.15, 0.2) is 0 Å². The zero-order valence-corrected chi connectivity index (χ0v) is 16.3. The number of aromatic carboxylic acids is 1. The summed E-state index contributed by atoms with van der Waals surface area (Å²) < 4.78 is 5.75. The number of carboxylic acid groups (broad SMARTS) is 1. The molecule has 144 valence electrons. The number of rotatable bonds is 6. The molecule has 0 bridgehead atoms. The Morgan fingerprint density at radius 2 is 2.15 bits per heavy atom. The number of ether oxygens (including phenoxy) is 1. The molecule has 0 radical (unpaired) electrons. The molecule has 0 amide bonds. The molecule has 2 N–H and O–H groups in total. The quantitative estimate of drug-likeness (QED) is 0.786. The standard InChI is InChI=1S/C21H26N2O3S/c24-21(25)19-16-10-12-23(11-9-15-6-2-1-3-7-15)14-17(16)27-20(19)22-18-8-4-5-13-26-18/h1-3,6-7,18,22H,4-5,8-14H2,(H,24,25). The first-order chi connectivity index (χ1) is 13.2. The highest BCUT2D eigenvalue weighted by atomic mass is 32.1. The molecular weight excluding hydrogens is 360 g/mol. The first-order valence-corrected chi connectivity index (χ1v) is 10.5. The summed E-state index contributed by atoms with van der Waals surface area (Å²) in [5.74, 6) is -0.830. The molecule has 1 atom stereocenters. The van der Waals surface area contributed by atoms with Crippen molar-refractivity contribution in [3.05, 3.63) is 51.9 Å². The predicted molar refractivity (Wildman–Crippen MR) is 108 cm³/mol. The van der Waals surface area contributed by atoms with Crippen LogP contribution in [0.2, 0.25) is 0 Å². The van der Waals surface area contributed by atoms with Crippen LogP contribution in [0.25, 0.3) is 0 Å². The highest BCUT2D eigenvalue weighted by Gasteiger charge is 2.29. The third kappa shape index (κ3) is 4.34. The SMILES string of the molecule is O=C(O)c1c(NC2CCCCO2)sc2c1CCN(CCc1ccccc1)C2. The van der Waals surface area contributed by atoms with E-state index in [1.54, 1.807) is 11.3 Å². The van der Waals surface area contributed by atoms with E-state index in [4.69, 9.17) is 4.74 Å². The minimum Gasteiger partial charge on any atom is -0.478 e. The van der Waals surface area contributed by atoms with E-state index in [1.807, 2.05) is 6.07 Å². The fraction of sp³-hybridized carbons (Fsp3) is 0.476.